The van der Waals surface area contributed by atoms with Crippen LogP contribution < -0.4 is 5.32 Å². The number of sulfone groups is 1. The molecule has 3 rings (SSSR count). The first-order chi connectivity index (χ1) is 13.8. The molecule has 0 fully saturated rings. The number of aryl methyl sites for hydroxylation is 1. The minimum atomic E-state index is -3.80. The molecule has 11 heteroatoms. The molecule has 0 radical (unpaired) electrons. The van der Waals surface area contributed by atoms with Gasteiger partial charge in [-0.1, -0.05) is 23.4 Å². The second-order valence-corrected chi connectivity index (χ2v) is 7.89. The van der Waals surface area contributed by atoms with Crippen molar-refractivity contribution >= 4 is 21.7 Å². The van der Waals surface area contributed by atoms with Crippen molar-refractivity contribution in [1.29, 1.82) is 5.26 Å². The molecule has 0 spiro atoms. The highest BCUT2D eigenvalue weighted by atomic mass is 32.2. The predicted octanol–water partition coefficient (Wildman–Crippen LogP) is 1.42. The summed E-state index contributed by atoms with van der Waals surface area (Å²) in [7, 11) is -3.80. The zero-order valence-corrected chi connectivity index (χ0v) is 15.9. The van der Waals surface area contributed by atoms with Gasteiger partial charge in [0, 0.05) is 5.56 Å². The highest BCUT2D eigenvalue weighted by Gasteiger charge is 2.31. The molecule has 2 N–H and O–H groups in total. The third-order valence-electron chi connectivity index (χ3n) is 4.07. The number of aliphatic hydroxyl groups is 1. The Kier molecular flexibility index (Phi) is 5.67. The number of aromatic nitrogens is 3. The monoisotopic (exact) mass is 413 g/mol. The lowest BCUT2D eigenvalue weighted by Gasteiger charge is -2.14. The molecule has 0 bridgehead atoms. The van der Waals surface area contributed by atoms with Crippen LogP contribution in [-0.4, -0.2) is 34.6 Å². The Morgan fingerprint density at radius 2 is 1.83 bits per heavy atom. The fourth-order valence-corrected chi connectivity index (χ4v) is 3.66. The van der Waals surface area contributed by atoms with Gasteiger partial charge < -0.3 is 9.63 Å². The van der Waals surface area contributed by atoms with Crippen molar-refractivity contribution in [3.63, 3.8) is 0 Å². The van der Waals surface area contributed by atoms with Crippen LogP contribution in [-0.2, 0) is 14.6 Å². The van der Waals surface area contributed by atoms with Crippen LogP contribution in [0.3, 0.4) is 0 Å². The molecule has 0 aliphatic rings. The van der Waals surface area contributed by atoms with Gasteiger partial charge in [-0.2, -0.15) is 5.26 Å². The van der Waals surface area contributed by atoms with E-state index in [2.05, 4.69) is 20.4 Å². The van der Waals surface area contributed by atoms with Crippen molar-refractivity contribution in [2.45, 2.75) is 22.8 Å². The predicted molar refractivity (Wildman–Crippen MR) is 97.9 cm³/mol. The van der Waals surface area contributed by atoms with Crippen molar-refractivity contribution < 1.29 is 22.8 Å². The van der Waals surface area contributed by atoms with E-state index in [1.807, 2.05) is 0 Å². The Labute approximate surface area is 165 Å². The van der Waals surface area contributed by atoms with Crippen molar-refractivity contribution in [3.8, 4) is 6.07 Å². The number of hydrogen-bond donors (Lipinski definition) is 2. The summed E-state index contributed by atoms with van der Waals surface area (Å²) in [5.41, 5.74) is 0.205. The summed E-state index contributed by atoms with van der Waals surface area (Å²) >= 11 is 0. The highest BCUT2D eigenvalue weighted by Crippen LogP contribution is 2.25. The summed E-state index contributed by atoms with van der Waals surface area (Å²) in [5.74, 6) is -2.28. The van der Waals surface area contributed by atoms with Crippen LogP contribution in [0.1, 0.15) is 17.4 Å². The molecule has 2 aromatic heterocycles. The summed E-state index contributed by atoms with van der Waals surface area (Å²) < 4.78 is 29.9. The summed E-state index contributed by atoms with van der Waals surface area (Å²) in [5, 5.41) is 25.3. The lowest BCUT2D eigenvalue weighted by molar-refractivity contribution is -0.121. The molecule has 0 saturated heterocycles. The number of nitrogens with zero attached hydrogens (tertiary/aromatic N) is 4. The number of carbonyl (C=O) groups excluding carboxylic acids is 1. The van der Waals surface area contributed by atoms with Crippen molar-refractivity contribution in [3.05, 3.63) is 60.2 Å². The maximum Gasteiger partial charge on any atom is 0.247 e. The van der Waals surface area contributed by atoms with Gasteiger partial charge in [0.25, 0.3) is 0 Å². The average Bonchev–Trinajstić information content (AvgIpc) is 3.15. The van der Waals surface area contributed by atoms with E-state index in [1.54, 1.807) is 24.3 Å². The Hall–Kier alpha value is -3.62. The molecule has 10 nitrogen and oxygen atoms in total. The maximum atomic E-state index is 12.5. The van der Waals surface area contributed by atoms with E-state index in [9.17, 15) is 23.6 Å². The van der Waals surface area contributed by atoms with E-state index in [-0.39, 0.29) is 27.1 Å². The van der Waals surface area contributed by atoms with E-state index in [0.29, 0.717) is 0 Å². The lowest BCUT2D eigenvalue weighted by atomic mass is 9.97. The van der Waals surface area contributed by atoms with Gasteiger partial charge in [-0.25, -0.2) is 18.4 Å². The van der Waals surface area contributed by atoms with E-state index < -0.39 is 27.8 Å². The molecule has 1 amide bonds. The number of nitriles is 1. The van der Waals surface area contributed by atoms with Crippen molar-refractivity contribution in [2.75, 3.05) is 5.32 Å². The van der Waals surface area contributed by atoms with Gasteiger partial charge in [0.2, 0.25) is 21.7 Å². The highest BCUT2D eigenvalue weighted by molar-refractivity contribution is 7.91. The molecule has 3 aromatic rings. The number of rotatable bonds is 6. The van der Waals surface area contributed by atoms with Gasteiger partial charge in [0.15, 0.2) is 5.92 Å². The van der Waals surface area contributed by atoms with Gasteiger partial charge in [-0.15, -0.1) is 0 Å². The largest absolute Gasteiger partial charge is 0.386 e. The number of hydrogen-bond acceptors (Lipinski definition) is 9. The van der Waals surface area contributed by atoms with Crippen molar-refractivity contribution in [1.82, 2.24) is 15.1 Å². The molecule has 2 unspecified atom stereocenters. The van der Waals surface area contributed by atoms with Gasteiger partial charge in [-0.05, 0) is 19.1 Å². The SMILES string of the molecule is Cc1oncc1C(O)C(C#N)C(=O)Nc1ncc(S(=O)(=O)c2ccccc2)cn1. The summed E-state index contributed by atoms with van der Waals surface area (Å²) in [4.78, 5) is 19.9. The summed E-state index contributed by atoms with van der Waals surface area (Å²) in [6, 6.07) is 9.46. The zero-order chi connectivity index (χ0) is 21.0. The first-order valence-electron chi connectivity index (χ1n) is 8.26. The summed E-state index contributed by atoms with van der Waals surface area (Å²) in [6.45, 7) is 1.53. The molecule has 0 aliphatic heterocycles. The van der Waals surface area contributed by atoms with Gasteiger partial charge in [-0.3, -0.25) is 10.1 Å². The van der Waals surface area contributed by atoms with E-state index in [1.165, 1.54) is 25.3 Å². The molecular weight excluding hydrogens is 398 g/mol. The third-order valence-corrected chi connectivity index (χ3v) is 5.80. The third kappa shape index (κ3) is 4.13. The zero-order valence-electron chi connectivity index (χ0n) is 15.1. The fraction of sp³-hybridized carbons (Fsp3) is 0.167. The minimum absolute atomic E-state index is 0.0807. The van der Waals surface area contributed by atoms with E-state index >= 15 is 0 Å². The number of aliphatic hydroxyl groups excluding tert-OH is 1. The minimum Gasteiger partial charge on any atom is -0.386 e. The van der Waals surface area contributed by atoms with Crippen LogP contribution in [0, 0.1) is 24.2 Å². The number of amides is 1. The number of anilines is 1. The number of nitrogens with one attached hydrogen (secondary N) is 1. The van der Waals surface area contributed by atoms with Crippen LogP contribution in [0.25, 0.3) is 0 Å². The number of benzene rings is 1. The second kappa shape index (κ2) is 8.17. The van der Waals surface area contributed by atoms with Gasteiger partial charge >= 0.3 is 0 Å². The van der Waals surface area contributed by atoms with Gasteiger partial charge in [0.1, 0.15) is 16.8 Å². The van der Waals surface area contributed by atoms with E-state index in [4.69, 9.17) is 4.52 Å². The van der Waals surface area contributed by atoms with Crippen LogP contribution in [0.15, 0.2) is 63.2 Å². The Morgan fingerprint density at radius 1 is 1.17 bits per heavy atom. The molecule has 2 atom stereocenters. The smallest absolute Gasteiger partial charge is 0.247 e. The molecule has 0 saturated carbocycles. The first kappa shape index (κ1) is 20.1. The summed E-state index contributed by atoms with van der Waals surface area (Å²) in [6.07, 6.45) is 1.85. The van der Waals surface area contributed by atoms with Crippen LogP contribution in [0.2, 0.25) is 0 Å². The molecule has 1 aromatic carbocycles. The Morgan fingerprint density at radius 3 is 2.38 bits per heavy atom. The van der Waals surface area contributed by atoms with Crippen molar-refractivity contribution in [2.24, 2.45) is 5.92 Å². The normalized spacial score (nSPS) is 13.3. The number of carbonyl (C=O) groups is 1. The standard InChI is InChI=1S/C18H15N5O5S/c1-11-15(10-22-28-11)16(24)14(7-19)17(25)23-18-20-8-13(9-21-18)29(26,27)12-5-3-2-4-6-12/h2-6,8-10,14,16,24H,1H3,(H,20,21,23,25). The molecule has 148 valence electrons. The Balaban J connectivity index is 1.76. The van der Waals surface area contributed by atoms with E-state index in [0.717, 1.165) is 12.4 Å². The maximum absolute atomic E-state index is 12.5. The van der Waals surface area contributed by atoms with Crippen LogP contribution in [0.4, 0.5) is 5.95 Å². The lowest BCUT2D eigenvalue weighted by Crippen LogP contribution is -2.28. The fourth-order valence-electron chi connectivity index (χ4n) is 2.49. The second-order valence-electron chi connectivity index (χ2n) is 5.94. The average molecular weight is 413 g/mol. The first-order valence-corrected chi connectivity index (χ1v) is 9.75. The van der Waals surface area contributed by atoms with Crippen LogP contribution in [0.5, 0.6) is 0 Å². The molecule has 2 heterocycles. The quantitative estimate of drug-likeness (QED) is 0.609. The molecule has 0 aliphatic carbocycles. The Bertz CT molecular complexity index is 1150. The molecular formula is C18H15N5O5S. The topological polar surface area (TPSA) is 159 Å². The molecule has 29 heavy (non-hydrogen) atoms. The van der Waals surface area contributed by atoms with Gasteiger partial charge in [0.05, 0.1) is 29.6 Å². The van der Waals surface area contributed by atoms with Crippen LogP contribution >= 0.6 is 0 Å².